The Balaban J connectivity index is 1.88. The molecule has 0 aliphatic carbocycles. The summed E-state index contributed by atoms with van der Waals surface area (Å²) in [5.41, 5.74) is 4.42. The molecular formula is C24H18FNOS. The SMILES string of the molecule is COc1ccc(-c2c3sc4ccccc4c3c(-c3ccc(F)cc3)n2C)cc1. The summed E-state index contributed by atoms with van der Waals surface area (Å²) in [6.45, 7) is 0. The Kier molecular flexibility index (Phi) is 3.95. The average molecular weight is 387 g/mol. The van der Waals surface area contributed by atoms with E-state index in [0.717, 1.165) is 28.3 Å². The molecule has 0 radical (unpaired) electrons. The molecule has 0 saturated carbocycles. The molecule has 0 bridgehead atoms. The van der Waals surface area contributed by atoms with Crippen molar-refractivity contribution in [2.45, 2.75) is 0 Å². The summed E-state index contributed by atoms with van der Waals surface area (Å²) in [5, 5.41) is 2.46. The maximum atomic E-state index is 13.5. The van der Waals surface area contributed by atoms with E-state index in [1.165, 1.54) is 32.3 Å². The zero-order chi connectivity index (χ0) is 19.3. The number of fused-ring (bicyclic) bond motifs is 3. The number of rotatable bonds is 3. The Morgan fingerprint density at radius 3 is 2.18 bits per heavy atom. The van der Waals surface area contributed by atoms with Crippen molar-refractivity contribution in [2.24, 2.45) is 7.05 Å². The van der Waals surface area contributed by atoms with Crippen LogP contribution >= 0.6 is 11.3 Å². The molecule has 28 heavy (non-hydrogen) atoms. The zero-order valence-electron chi connectivity index (χ0n) is 15.6. The first-order chi connectivity index (χ1) is 13.7. The third-order valence-electron chi connectivity index (χ3n) is 5.20. The molecule has 0 aliphatic rings. The van der Waals surface area contributed by atoms with Gasteiger partial charge in [-0.05, 0) is 65.7 Å². The molecule has 4 heteroatoms. The molecule has 2 aromatic heterocycles. The first kappa shape index (κ1) is 17.0. The van der Waals surface area contributed by atoms with Crippen LogP contribution in [0.2, 0.25) is 0 Å². The van der Waals surface area contributed by atoms with Crippen LogP contribution in [0.15, 0.2) is 72.8 Å². The Bertz CT molecular complexity index is 1300. The van der Waals surface area contributed by atoms with Crippen molar-refractivity contribution < 1.29 is 9.13 Å². The van der Waals surface area contributed by atoms with E-state index in [2.05, 4.69) is 48.0 Å². The molecule has 5 aromatic rings. The van der Waals surface area contributed by atoms with Gasteiger partial charge in [0.15, 0.2) is 0 Å². The Hall–Kier alpha value is -3.11. The predicted octanol–water partition coefficient (Wildman–Crippen LogP) is 6.87. The van der Waals surface area contributed by atoms with Gasteiger partial charge in [-0.1, -0.05) is 18.2 Å². The molecular weight excluding hydrogens is 369 g/mol. The number of nitrogens with zero attached hydrogens (tertiary/aromatic N) is 1. The summed E-state index contributed by atoms with van der Waals surface area (Å²) >= 11 is 1.80. The summed E-state index contributed by atoms with van der Waals surface area (Å²) < 4.78 is 23.6. The predicted molar refractivity (Wildman–Crippen MR) is 116 cm³/mol. The number of benzene rings is 3. The second-order valence-corrected chi connectivity index (χ2v) is 7.85. The minimum atomic E-state index is -0.222. The number of hydrogen-bond donors (Lipinski definition) is 0. The van der Waals surface area contributed by atoms with Crippen LogP contribution in [0.5, 0.6) is 5.75 Å². The fraction of sp³-hybridized carbons (Fsp3) is 0.0833. The van der Waals surface area contributed by atoms with Gasteiger partial charge < -0.3 is 9.30 Å². The highest BCUT2D eigenvalue weighted by molar-refractivity contribution is 7.26. The van der Waals surface area contributed by atoms with Crippen LogP contribution in [-0.2, 0) is 7.05 Å². The number of thiophene rings is 1. The standard InChI is InChI=1S/C24H18FNOS/c1-26-22(15-7-11-17(25)12-8-15)21-19-5-3-4-6-20(19)28-24(21)23(26)16-9-13-18(27-2)14-10-16/h3-14H,1-2H3. The highest BCUT2D eigenvalue weighted by Gasteiger charge is 2.21. The monoisotopic (exact) mass is 387 g/mol. The van der Waals surface area contributed by atoms with E-state index < -0.39 is 0 Å². The van der Waals surface area contributed by atoms with Gasteiger partial charge in [0, 0.05) is 22.5 Å². The van der Waals surface area contributed by atoms with E-state index in [1.807, 2.05) is 24.3 Å². The van der Waals surface area contributed by atoms with Crippen LogP contribution in [0, 0.1) is 5.82 Å². The molecule has 0 N–H and O–H groups in total. The van der Waals surface area contributed by atoms with Gasteiger partial charge in [-0.15, -0.1) is 11.3 Å². The minimum absolute atomic E-state index is 0.222. The van der Waals surface area contributed by atoms with Gasteiger partial charge >= 0.3 is 0 Å². The second-order valence-electron chi connectivity index (χ2n) is 6.79. The van der Waals surface area contributed by atoms with Crippen molar-refractivity contribution in [3.05, 3.63) is 78.6 Å². The summed E-state index contributed by atoms with van der Waals surface area (Å²) in [4.78, 5) is 0. The largest absolute Gasteiger partial charge is 0.497 e. The van der Waals surface area contributed by atoms with Crippen LogP contribution in [0.25, 0.3) is 42.7 Å². The minimum Gasteiger partial charge on any atom is -0.497 e. The lowest BCUT2D eigenvalue weighted by molar-refractivity contribution is 0.415. The topological polar surface area (TPSA) is 14.2 Å². The summed E-state index contributed by atoms with van der Waals surface area (Å²) in [5.74, 6) is 0.615. The fourth-order valence-electron chi connectivity index (χ4n) is 3.90. The number of hydrogen-bond acceptors (Lipinski definition) is 2. The van der Waals surface area contributed by atoms with Crippen molar-refractivity contribution >= 4 is 31.5 Å². The lowest BCUT2D eigenvalue weighted by atomic mass is 10.1. The van der Waals surface area contributed by atoms with Crippen LogP contribution in [0.4, 0.5) is 4.39 Å². The summed E-state index contributed by atoms with van der Waals surface area (Å²) in [6.07, 6.45) is 0. The van der Waals surface area contributed by atoms with Gasteiger partial charge in [0.2, 0.25) is 0 Å². The van der Waals surface area contributed by atoms with Crippen molar-refractivity contribution in [2.75, 3.05) is 7.11 Å². The molecule has 0 saturated heterocycles. The van der Waals surface area contributed by atoms with Gasteiger partial charge in [0.05, 0.1) is 23.2 Å². The maximum absolute atomic E-state index is 13.5. The van der Waals surface area contributed by atoms with Crippen molar-refractivity contribution in [1.29, 1.82) is 0 Å². The smallest absolute Gasteiger partial charge is 0.123 e. The number of aromatic nitrogens is 1. The van der Waals surface area contributed by atoms with Crippen molar-refractivity contribution in [3.8, 4) is 28.3 Å². The van der Waals surface area contributed by atoms with E-state index in [1.54, 1.807) is 18.4 Å². The molecule has 138 valence electrons. The number of methoxy groups -OCH3 is 1. The van der Waals surface area contributed by atoms with Crippen molar-refractivity contribution in [1.82, 2.24) is 4.57 Å². The van der Waals surface area contributed by atoms with Crippen LogP contribution in [-0.4, -0.2) is 11.7 Å². The molecule has 0 spiro atoms. The third-order valence-corrected chi connectivity index (χ3v) is 6.38. The van der Waals surface area contributed by atoms with Crippen LogP contribution < -0.4 is 4.74 Å². The Morgan fingerprint density at radius 1 is 0.821 bits per heavy atom. The Morgan fingerprint density at radius 2 is 1.46 bits per heavy atom. The maximum Gasteiger partial charge on any atom is 0.123 e. The third kappa shape index (κ3) is 2.53. The van der Waals surface area contributed by atoms with E-state index >= 15 is 0 Å². The molecule has 2 heterocycles. The first-order valence-corrected chi connectivity index (χ1v) is 9.89. The quantitative estimate of drug-likeness (QED) is 0.329. The summed E-state index contributed by atoms with van der Waals surface area (Å²) in [7, 11) is 3.76. The first-order valence-electron chi connectivity index (χ1n) is 9.07. The van der Waals surface area contributed by atoms with Gasteiger partial charge in [0.25, 0.3) is 0 Å². The van der Waals surface area contributed by atoms with E-state index in [-0.39, 0.29) is 5.82 Å². The lowest BCUT2D eigenvalue weighted by Gasteiger charge is -2.10. The molecule has 2 nitrogen and oxygen atoms in total. The van der Waals surface area contributed by atoms with E-state index in [4.69, 9.17) is 4.74 Å². The van der Waals surface area contributed by atoms with E-state index in [9.17, 15) is 4.39 Å². The average Bonchev–Trinajstić information content (AvgIpc) is 3.22. The highest BCUT2D eigenvalue weighted by Crippen LogP contribution is 2.46. The van der Waals surface area contributed by atoms with Gasteiger partial charge in [-0.25, -0.2) is 4.39 Å². The molecule has 0 fully saturated rings. The molecule has 0 aliphatic heterocycles. The molecule has 0 amide bonds. The molecule has 5 rings (SSSR count). The second kappa shape index (κ2) is 6.50. The number of halogens is 1. The zero-order valence-corrected chi connectivity index (χ0v) is 16.4. The Labute approximate surface area is 166 Å². The van der Waals surface area contributed by atoms with Crippen LogP contribution in [0.3, 0.4) is 0 Å². The normalized spacial score (nSPS) is 11.4. The van der Waals surface area contributed by atoms with Crippen LogP contribution in [0.1, 0.15) is 0 Å². The fourth-order valence-corrected chi connectivity index (χ4v) is 5.21. The molecule has 3 aromatic carbocycles. The summed E-state index contributed by atoms with van der Waals surface area (Å²) in [6, 6.07) is 23.4. The van der Waals surface area contributed by atoms with Gasteiger partial charge in [-0.3, -0.25) is 0 Å². The molecule has 0 atom stereocenters. The highest BCUT2D eigenvalue weighted by atomic mass is 32.1. The molecule has 0 unspecified atom stereocenters. The van der Waals surface area contributed by atoms with Gasteiger partial charge in [0.1, 0.15) is 11.6 Å². The van der Waals surface area contributed by atoms with Crippen molar-refractivity contribution in [3.63, 3.8) is 0 Å². The lowest BCUT2D eigenvalue weighted by Crippen LogP contribution is -1.95. The number of ether oxygens (including phenoxy) is 1. The van der Waals surface area contributed by atoms with Gasteiger partial charge in [-0.2, -0.15) is 0 Å². The van der Waals surface area contributed by atoms with E-state index in [0.29, 0.717) is 0 Å².